The molecule has 0 radical (unpaired) electrons. The Morgan fingerprint density at radius 2 is 1.82 bits per heavy atom. The maximum absolute atomic E-state index is 12.2. The number of carbonyl (C=O) groups is 1. The predicted molar refractivity (Wildman–Crippen MR) is 84.7 cm³/mol. The van der Waals surface area contributed by atoms with Crippen molar-refractivity contribution in [2.75, 3.05) is 26.6 Å². The van der Waals surface area contributed by atoms with Gasteiger partial charge in [0.1, 0.15) is 0 Å². The first kappa shape index (κ1) is 16.4. The van der Waals surface area contributed by atoms with E-state index >= 15 is 0 Å². The molecule has 0 saturated heterocycles. The number of anilines is 1. The number of nitrogens with two attached hydrogens (primary N) is 1. The number of rotatable bonds is 6. The molecule has 0 unspecified atom stereocenters. The van der Waals surface area contributed by atoms with Crippen molar-refractivity contribution in [1.82, 2.24) is 0 Å². The van der Waals surface area contributed by atoms with Gasteiger partial charge in [-0.3, -0.25) is 4.79 Å². The molecule has 0 aromatic heterocycles. The summed E-state index contributed by atoms with van der Waals surface area (Å²) in [4.78, 5) is 12.2. The molecule has 0 bridgehead atoms. The number of amides is 1. The highest BCUT2D eigenvalue weighted by Crippen LogP contribution is 2.40. The van der Waals surface area contributed by atoms with E-state index in [0.717, 1.165) is 19.3 Å². The molecule has 1 amide bonds. The molecular formula is C16H24N2O4. The van der Waals surface area contributed by atoms with E-state index in [1.165, 1.54) is 0 Å². The highest BCUT2D eigenvalue weighted by molar-refractivity contribution is 5.91. The zero-order valence-electron chi connectivity index (χ0n) is 13.3. The molecule has 22 heavy (non-hydrogen) atoms. The van der Waals surface area contributed by atoms with Gasteiger partial charge < -0.3 is 25.3 Å². The Hall–Kier alpha value is -1.95. The fourth-order valence-corrected chi connectivity index (χ4v) is 2.93. The first-order valence-corrected chi connectivity index (χ1v) is 7.42. The molecule has 1 aliphatic rings. The molecule has 1 saturated carbocycles. The summed E-state index contributed by atoms with van der Waals surface area (Å²) in [6.07, 6.45) is 3.43. The summed E-state index contributed by atoms with van der Waals surface area (Å²) in [5.41, 5.74) is 6.51. The van der Waals surface area contributed by atoms with Crippen LogP contribution >= 0.6 is 0 Å². The second-order valence-electron chi connectivity index (χ2n) is 5.61. The summed E-state index contributed by atoms with van der Waals surface area (Å²) in [5, 5.41) is 2.89. The molecule has 0 aliphatic heterocycles. The maximum Gasteiger partial charge on any atom is 0.224 e. The van der Waals surface area contributed by atoms with Gasteiger partial charge in [-0.15, -0.1) is 0 Å². The summed E-state index contributed by atoms with van der Waals surface area (Å²) in [5.74, 6) is 1.88. The molecule has 1 aromatic rings. The SMILES string of the molecule is COc1cc(NC(=O)C[C@H]2CC[C@H](N)C2)cc(OC)c1OC. The zero-order valence-corrected chi connectivity index (χ0v) is 13.3. The van der Waals surface area contributed by atoms with Gasteiger partial charge in [0, 0.05) is 30.3 Å². The van der Waals surface area contributed by atoms with Gasteiger partial charge in [0.25, 0.3) is 0 Å². The predicted octanol–water partition coefficient (Wildman–Crippen LogP) is 2.17. The number of nitrogens with one attached hydrogen (secondary N) is 1. The van der Waals surface area contributed by atoms with Gasteiger partial charge in [0.15, 0.2) is 11.5 Å². The average molecular weight is 308 g/mol. The Morgan fingerprint density at radius 3 is 2.27 bits per heavy atom. The lowest BCUT2D eigenvalue weighted by Crippen LogP contribution is -2.18. The van der Waals surface area contributed by atoms with Crippen molar-refractivity contribution in [3.05, 3.63) is 12.1 Å². The minimum absolute atomic E-state index is 0.0200. The van der Waals surface area contributed by atoms with Crippen LogP contribution in [0.4, 0.5) is 5.69 Å². The van der Waals surface area contributed by atoms with Crippen LogP contribution in [0, 0.1) is 5.92 Å². The van der Waals surface area contributed by atoms with E-state index in [1.54, 1.807) is 33.5 Å². The quantitative estimate of drug-likeness (QED) is 0.841. The van der Waals surface area contributed by atoms with E-state index in [0.29, 0.717) is 35.3 Å². The molecule has 122 valence electrons. The lowest BCUT2D eigenvalue weighted by molar-refractivity contribution is -0.117. The van der Waals surface area contributed by atoms with Gasteiger partial charge in [0.05, 0.1) is 21.3 Å². The van der Waals surface area contributed by atoms with Gasteiger partial charge >= 0.3 is 0 Å². The van der Waals surface area contributed by atoms with Crippen LogP contribution in [0.5, 0.6) is 17.2 Å². The molecule has 1 aliphatic carbocycles. The summed E-state index contributed by atoms with van der Waals surface area (Å²) < 4.78 is 15.8. The van der Waals surface area contributed by atoms with Gasteiger partial charge in [-0.25, -0.2) is 0 Å². The van der Waals surface area contributed by atoms with Crippen molar-refractivity contribution < 1.29 is 19.0 Å². The van der Waals surface area contributed by atoms with E-state index in [9.17, 15) is 4.79 Å². The Labute approximate surface area is 130 Å². The van der Waals surface area contributed by atoms with Crippen LogP contribution in [0.25, 0.3) is 0 Å². The van der Waals surface area contributed by atoms with E-state index in [2.05, 4.69) is 5.32 Å². The third-order valence-corrected chi connectivity index (χ3v) is 4.00. The van der Waals surface area contributed by atoms with Crippen molar-refractivity contribution in [3.8, 4) is 17.2 Å². The highest BCUT2D eigenvalue weighted by atomic mass is 16.5. The first-order chi connectivity index (χ1) is 10.6. The largest absolute Gasteiger partial charge is 0.493 e. The molecule has 0 heterocycles. The maximum atomic E-state index is 12.2. The van der Waals surface area contributed by atoms with Crippen LogP contribution in [0.15, 0.2) is 12.1 Å². The molecule has 2 atom stereocenters. The van der Waals surface area contributed by atoms with E-state index in [-0.39, 0.29) is 11.9 Å². The molecule has 6 heteroatoms. The van der Waals surface area contributed by atoms with Crippen molar-refractivity contribution in [2.45, 2.75) is 31.7 Å². The van der Waals surface area contributed by atoms with Crippen LogP contribution in [0.1, 0.15) is 25.7 Å². The molecule has 0 spiro atoms. The third kappa shape index (κ3) is 3.82. The molecule has 1 fully saturated rings. The Bertz CT molecular complexity index is 508. The van der Waals surface area contributed by atoms with Crippen LogP contribution < -0.4 is 25.3 Å². The van der Waals surface area contributed by atoms with Crippen LogP contribution in [-0.2, 0) is 4.79 Å². The second kappa shape index (κ2) is 7.35. The summed E-state index contributed by atoms with van der Waals surface area (Å²) >= 11 is 0. The minimum atomic E-state index is -0.0200. The number of carbonyl (C=O) groups excluding carboxylic acids is 1. The topological polar surface area (TPSA) is 82.8 Å². The lowest BCUT2D eigenvalue weighted by atomic mass is 10.0. The molecule has 6 nitrogen and oxygen atoms in total. The number of hydrogen-bond donors (Lipinski definition) is 2. The number of ether oxygens (including phenoxy) is 3. The third-order valence-electron chi connectivity index (χ3n) is 4.00. The fourth-order valence-electron chi connectivity index (χ4n) is 2.93. The first-order valence-electron chi connectivity index (χ1n) is 7.42. The van der Waals surface area contributed by atoms with Crippen LogP contribution in [-0.4, -0.2) is 33.3 Å². The number of benzene rings is 1. The number of methoxy groups -OCH3 is 3. The van der Waals surface area contributed by atoms with Gasteiger partial charge in [-0.1, -0.05) is 0 Å². The lowest BCUT2D eigenvalue weighted by Gasteiger charge is -2.15. The molecule has 1 aromatic carbocycles. The van der Waals surface area contributed by atoms with E-state index in [1.807, 2.05) is 0 Å². The van der Waals surface area contributed by atoms with E-state index < -0.39 is 0 Å². The number of hydrogen-bond acceptors (Lipinski definition) is 5. The van der Waals surface area contributed by atoms with Crippen LogP contribution in [0.2, 0.25) is 0 Å². The fraction of sp³-hybridized carbons (Fsp3) is 0.562. The normalized spacial score (nSPS) is 20.5. The Kier molecular flexibility index (Phi) is 5.49. The Morgan fingerprint density at radius 1 is 1.18 bits per heavy atom. The van der Waals surface area contributed by atoms with Crippen molar-refractivity contribution in [1.29, 1.82) is 0 Å². The monoisotopic (exact) mass is 308 g/mol. The van der Waals surface area contributed by atoms with Crippen LogP contribution in [0.3, 0.4) is 0 Å². The standard InChI is InChI=1S/C16H24N2O4/c1-20-13-8-12(9-14(21-2)16(13)22-3)18-15(19)7-10-4-5-11(17)6-10/h8-11H,4-7,17H2,1-3H3,(H,18,19)/t10-,11-/m0/s1. The van der Waals surface area contributed by atoms with E-state index in [4.69, 9.17) is 19.9 Å². The minimum Gasteiger partial charge on any atom is -0.493 e. The smallest absolute Gasteiger partial charge is 0.224 e. The second-order valence-corrected chi connectivity index (χ2v) is 5.61. The van der Waals surface area contributed by atoms with Crippen molar-refractivity contribution in [3.63, 3.8) is 0 Å². The van der Waals surface area contributed by atoms with Gasteiger partial charge in [0.2, 0.25) is 11.7 Å². The average Bonchev–Trinajstić information content (AvgIpc) is 2.90. The Balaban J connectivity index is 2.07. The zero-order chi connectivity index (χ0) is 16.1. The molecule has 3 N–H and O–H groups in total. The summed E-state index contributed by atoms with van der Waals surface area (Å²) in [6.45, 7) is 0. The highest BCUT2D eigenvalue weighted by Gasteiger charge is 2.24. The van der Waals surface area contributed by atoms with Gasteiger partial charge in [-0.05, 0) is 25.2 Å². The van der Waals surface area contributed by atoms with Crippen molar-refractivity contribution in [2.24, 2.45) is 11.7 Å². The van der Waals surface area contributed by atoms with Crippen molar-refractivity contribution >= 4 is 11.6 Å². The van der Waals surface area contributed by atoms with Gasteiger partial charge in [-0.2, -0.15) is 0 Å². The summed E-state index contributed by atoms with van der Waals surface area (Å²) in [6, 6.07) is 3.68. The molecule has 2 rings (SSSR count). The summed E-state index contributed by atoms with van der Waals surface area (Å²) in [7, 11) is 4.63. The molecular weight excluding hydrogens is 284 g/mol.